The van der Waals surface area contributed by atoms with Crippen LogP contribution < -0.4 is 0 Å². The molecule has 1 aliphatic heterocycles. The van der Waals surface area contributed by atoms with Crippen LogP contribution in [0.15, 0.2) is 18.3 Å². The van der Waals surface area contributed by atoms with Gasteiger partial charge >= 0.3 is 0 Å². The second kappa shape index (κ2) is 4.07. The molecular formula is C11H15NO2. The summed E-state index contributed by atoms with van der Waals surface area (Å²) in [6, 6.07) is 4.04. The van der Waals surface area contributed by atoms with Gasteiger partial charge in [0.25, 0.3) is 0 Å². The Labute approximate surface area is 83.7 Å². The van der Waals surface area contributed by atoms with Crippen LogP contribution in [0.3, 0.4) is 0 Å². The fourth-order valence-corrected chi connectivity index (χ4v) is 1.73. The van der Waals surface area contributed by atoms with Crippen molar-refractivity contribution in [3.05, 3.63) is 29.6 Å². The maximum Gasteiger partial charge on any atom is 0.1000 e. The molecular weight excluding hydrogens is 178 g/mol. The lowest BCUT2D eigenvalue weighted by Crippen LogP contribution is -2.11. The summed E-state index contributed by atoms with van der Waals surface area (Å²) in [7, 11) is 0. The molecule has 1 aromatic rings. The molecule has 0 spiro atoms. The SMILES string of the molecule is Cc1ccc(C2CCC(CO)O2)nc1. The van der Waals surface area contributed by atoms with Gasteiger partial charge in [0.05, 0.1) is 24.5 Å². The first-order valence-corrected chi connectivity index (χ1v) is 4.98. The fraction of sp³-hybridized carbons (Fsp3) is 0.545. The van der Waals surface area contributed by atoms with Crippen molar-refractivity contribution in [1.82, 2.24) is 4.98 Å². The highest BCUT2D eigenvalue weighted by molar-refractivity contribution is 5.14. The topological polar surface area (TPSA) is 42.4 Å². The highest BCUT2D eigenvalue weighted by atomic mass is 16.5. The Balaban J connectivity index is 2.06. The number of ether oxygens (including phenoxy) is 1. The maximum atomic E-state index is 8.93. The number of aliphatic hydroxyl groups excluding tert-OH is 1. The first kappa shape index (κ1) is 9.62. The van der Waals surface area contributed by atoms with E-state index < -0.39 is 0 Å². The largest absolute Gasteiger partial charge is 0.394 e. The minimum absolute atomic E-state index is 0.00287. The van der Waals surface area contributed by atoms with Gasteiger partial charge in [0.1, 0.15) is 0 Å². The Morgan fingerprint density at radius 2 is 2.36 bits per heavy atom. The molecule has 1 N–H and O–H groups in total. The molecule has 0 aliphatic carbocycles. The third-order valence-electron chi connectivity index (χ3n) is 2.58. The molecule has 1 aromatic heterocycles. The molecule has 1 saturated heterocycles. The molecule has 2 rings (SSSR count). The molecule has 0 radical (unpaired) electrons. The Kier molecular flexibility index (Phi) is 2.79. The molecule has 0 bridgehead atoms. The van der Waals surface area contributed by atoms with Gasteiger partial charge in [0.2, 0.25) is 0 Å². The molecule has 2 atom stereocenters. The quantitative estimate of drug-likeness (QED) is 0.775. The summed E-state index contributed by atoms with van der Waals surface area (Å²) in [5.41, 5.74) is 2.14. The van der Waals surface area contributed by atoms with Crippen molar-refractivity contribution in [2.75, 3.05) is 6.61 Å². The average molecular weight is 193 g/mol. The highest BCUT2D eigenvalue weighted by Gasteiger charge is 2.26. The molecule has 1 aliphatic rings. The molecule has 0 aromatic carbocycles. The zero-order chi connectivity index (χ0) is 9.97. The van der Waals surface area contributed by atoms with E-state index >= 15 is 0 Å². The fourth-order valence-electron chi connectivity index (χ4n) is 1.73. The molecule has 0 saturated carbocycles. The summed E-state index contributed by atoms with van der Waals surface area (Å²) >= 11 is 0. The predicted molar refractivity (Wildman–Crippen MR) is 52.9 cm³/mol. The van der Waals surface area contributed by atoms with Crippen molar-refractivity contribution in [1.29, 1.82) is 0 Å². The monoisotopic (exact) mass is 193 g/mol. The molecule has 76 valence electrons. The van der Waals surface area contributed by atoms with Gasteiger partial charge in [-0.15, -0.1) is 0 Å². The normalized spacial score (nSPS) is 26.7. The molecule has 14 heavy (non-hydrogen) atoms. The van der Waals surface area contributed by atoms with Gasteiger partial charge < -0.3 is 9.84 Å². The van der Waals surface area contributed by atoms with Gasteiger partial charge in [-0.2, -0.15) is 0 Å². The third kappa shape index (κ3) is 1.94. The minimum atomic E-state index is 0.00287. The van der Waals surface area contributed by atoms with Crippen LogP contribution in [0, 0.1) is 6.92 Å². The standard InChI is InChI=1S/C11H15NO2/c1-8-2-4-10(12-6-8)11-5-3-9(7-13)14-11/h2,4,6,9,11,13H,3,5,7H2,1H3. The Hall–Kier alpha value is -0.930. The van der Waals surface area contributed by atoms with Crippen LogP contribution in [0.1, 0.15) is 30.2 Å². The second-order valence-electron chi connectivity index (χ2n) is 3.77. The lowest BCUT2D eigenvalue weighted by molar-refractivity contribution is 0.00923. The first-order valence-electron chi connectivity index (χ1n) is 4.98. The van der Waals surface area contributed by atoms with Crippen molar-refractivity contribution in [2.45, 2.75) is 32.0 Å². The minimum Gasteiger partial charge on any atom is -0.394 e. The number of hydrogen-bond donors (Lipinski definition) is 1. The van der Waals surface area contributed by atoms with Gasteiger partial charge in [-0.25, -0.2) is 0 Å². The number of nitrogens with zero attached hydrogens (tertiary/aromatic N) is 1. The van der Waals surface area contributed by atoms with E-state index in [4.69, 9.17) is 9.84 Å². The predicted octanol–water partition coefficient (Wildman–Crippen LogP) is 1.60. The van der Waals surface area contributed by atoms with Gasteiger partial charge in [0, 0.05) is 6.20 Å². The maximum absolute atomic E-state index is 8.93. The van der Waals surface area contributed by atoms with Crippen molar-refractivity contribution in [3.63, 3.8) is 0 Å². The number of pyridine rings is 1. The summed E-state index contributed by atoms with van der Waals surface area (Å²) in [5, 5.41) is 8.93. The number of aromatic nitrogens is 1. The average Bonchev–Trinajstić information content (AvgIpc) is 2.67. The van der Waals surface area contributed by atoms with Crippen LogP contribution in [0.25, 0.3) is 0 Å². The van der Waals surface area contributed by atoms with Crippen molar-refractivity contribution in [2.24, 2.45) is 0 Å². The van der Waals surface area contributed by atoms with E-state index in [0.717, 1.165) is 24.1 Å². The van der Waals surface area contributed by atoms with Gasteiger partial charge in [-0.05, 0) is 31.4 Å². The smallest absolute Gasteiger partial charge is 0.1000 e. The molecule has 0 amide bonds. The van der Waals surface area contributed by atoms with Crippen LogP contribution in [-0.4, -0.2) is 22.8 Å². The van der Waals surface area contributed by atoms with E-state index in [1.807, 2.05) is 25.3 Å². The summed E-state index contributed by atoms with van der Waals surface area (Å²) < 4.78 is 5.62. The lowest BCUT2D eigenvalue weighted by Gasteiger charge is -2.11. The Morgan fingerprint density at radius 3 is 2.93 bits per heavy atom. The third-order valence-corrected chi connectivity index (χ3v) is 2.58. The summed E-state index contributed by atoms with van der Waals surface area (Å²) in [4.78, 5) is 4.32. The zero-order valence-electron chi connectivity index (χ0n) is 8.31. The Bertz CT molecular complexity index is 297. The van der Waals surface area contributed by atoms with E-state index in [0.29, 0.717) is 0 Å². The van der Waals surface area contributed by atoms with Crippen LogP contribution in [-0.2, 0) is 4.74 Å². The summed E-state index contributed by atoms with van der Waals surface area (Å²) in [6.07, 6.45) is 3.82. The van der Waals surface area contributed by atoms with Crippen LogP contribution >= 0.6 is 0 Å². The number of aryl methyl sites for hydroxylation is 1. The lowest BCUT2D eigenvalue weighted by atomic mass is 10.1. The number of hydrogen-bond acceptors (Lipinski definition) is 3. The molecule has 3 heteroatoms. The number of rotatable bonds is 2. The van der Waals surface area contributed by atoms with E-state index in [1.54, 1.807) is 0 Å². The molecule has 2 unspecified atom stereocenters. The van der Waals surface area contributed by atoms with Gasteiger partial charge in [-0.1, -0.05) is 6.07 Å². The van der Waals surface area contributed by atoms with Crippen LogP contribution in [0.4, 0.5) is 0 Å². The first-order chi connectivity index (χ1) is 6.79. The highest BCUT2D eigenvalue weighted by Crippen LogP contribution is 2.31. The van der Waals surface area contributed by atoms with Gasteiger partial charge in [-0.3, -0.25) is 4.98 Å². The summed E-state index contributed by atoms with van der Waals surface area (Å²) in [5.74, 6) is 0. The van der Waals surface area contributed by atoms with Crippen molar-refractivity contribution >= 4 is 0 Å². The summed E-state index contributed by atoms with van der Waals surface area (Å²) in [6.45, 7) is 2.13. The van der Waals surface area contributed by atoms with E-state index in [-0.39, 0.29) is 18.8 Å². The van der Waals surface area contributed by atoms with Crippen LogP contribution in [0.5, 0.6) is 0 Å². The van der Waals surface area contributed by atoms with Gasteiger partial charge in [0.15, 0.2) is 0 Å². The Morgan fingerprint density at radius 1 is 1.50 bits per heavy atom. The van der Waals surface area contributed by atoms with Crippen LogP contribution in [0.2, 0.25) is 0 Å². The van der Waals surface area contributed by atoms with Crippen molar-refractivity contribution in [3.8, 4) is 0 Å². The second-order valence-corrected chi connectivity index (χ2v) is 3.77. The van der Waals surface area contributed by atoms with E-state index in [2.05, 4.69) is 4.98 Å². The zero-order valence-corrected chi connectivity index (χ0v) is 8.31. The molecule has 2 heterocycles. The van der Waals surface area contributed by atoms with E-state index in [9.17, 15) is 0 Å². The number of aliphatic hydroxyl groups is 1. The molecule has 1 fully saturated rings. The van der Waals surface area contributed by atoms with E-state index in [1.165, 1.54) is 0 Å². The van der Waals surface area contributed by atoms with Crippen molar-refractivity contribution < 1.29 is 9.84 Å². The molecule has 3 nitrogen and oxygen atoms in total.